The summed E-state index contributed by atoms with van der Waals surface area (Å²) in [5.41, 5.74) is 0.649. The van der Waals surface area contributed by atoms with Gasteiger partial charge in [-0.2, -0.15) is 12.7 Å². The van der Waals surface area contributed by atoms with Gasteiger partial charge in [0.15, 0.2) is 0 Å². The van der Waals surface area contributed by atoms with Crippen molar-refractivity contribution >= 4 is 27.7 Å². The van der Waals surface area contributed by atoms with E-state index in [9.17, 15) is 26.8 Å². The van der Waals surface area contributed by atoms with Crippen molar-refractivity contribution in [3.63, 3.8) is 0 Å². The van der Waals surface area contributed by atoms with Gasteiger partial charge in [-0.15, -0.1) is 0 Å². The molecule has 1 atom stereocenters. The lowest BCUT2D eigenvalue weighted by Crippen LogP contribution is -2.52. The van der Waals surface area contributed by atoms with Gasteiger partial charge in [-0.05, 0) is 55.8 Å². The van der Waals surface area contributed by atoms with Crippen LogP contribution in [0.25, 0.3) is 0 Å². The molecule has 0 aliphatic carbocycles. The molecule has 0 aliphatic rings. The first-order chi connectivity index (χ1) is 15.5. The molecule has 0 spiro atoms. The van der Waals surface area contributed by atoms with E-state index in [1.54, 1.807) is 6.92 Å². The average molecular weight is 483 g/mol. The maximum absolute atomic E-state index is 13.4. The van der Waals surface area contributed by atoms with Crippen LogP contribution in [0, 0.1) is 11.6 Å². The molecule has 1 N–H and O–H groups in total. The summed E-state index contributed by atoms with van der Waals surface area (Å²) in [6.45, 7) is 2.93. The molecule has 8 nitrogen and oxygen atoms in total. The van der Waals surface area contributed by atoms with Crippen LogP contribution in [0.15, 0.2) is 48.5 Å². The molecule has 0 saturated carbocycles. The SMILES string of the molecule is CCNC(=O)[C@H](C)N(Cc1ccc(F)cc1)C(=O)CN(c1ccc(F)cc1)S(=O)(=O)N(C)C. The molecule has 0 radical (unpaired) electrons. The minimum absolute atomic E-state index is 0.0450. The van der Waals surface area contributed by atoms with Crippen LogP contribution in [-0.4, -0.2) is 62.7 Å². The number of halogens is 2. The number of carbonyl (C=O) groups excluding carboxylic acids is 2. The van der Waals surface area contributed by atoms with Gasteiger partial charge in [-0.1, -0.05) is 12.1 Å². The molecule has 11 heteroatoms. The zero-order valence-corrected chi connectivity index (χ0v) is 19.8. The second kappa shape index (κ2) is 11.2. The van der Waals surface area contributed by atoms with Gasteiger partial charge in [0.05, 0.1) is 5.69 Å². The Hall–Kier alpha value is -3.05. The fourth-order valence-electron chi connectivity index (χ4n) is 3.02. The minimum Gasteiger partial charge on any atom is -0.355 e. The zero-order valence-electron chi connectivity index (χ0n) is 19.0. The summed E-state index contributed by atoms with van der Waals surface area (Å²) < 4.78 is 54.4. The van der Waals surface area contributed by atoms with Gasteiger partial charge < -0.3 is 10.2 Å². The lowest BCUT2D eigenvalue weighted by molar-refractivity contribution is -0.139. The smallest absolute Gasteiger partial charge is 0.304 e. The van der Waals surface area contributed by atoms with Gasteiger partial charge >= 0.3 is 10.2 Å². The van der Waals surface area contributed by atoms with E-state index in [1.807, 2.05) is 0 Å². The average Bonchev–Trinajstić information content (AvgIpc) is 2.77. The fraction of sp³-hybridized carbons (Fsp3) is 0.364. The third-order valence-corrected chi connectivity index (χ3v) is 6.74. The third-order valence-electron chi connectivity index (χ3n) is 4.92. The molecule has 0 aliphatic heterocycles. The van der Waals surface area contributed by atoms with E-state index >= 15 is 0 Å². The Labute approximate surface area is 193 Å². The van der Waals surface area contributed by atoms with E-state index < -0.39 is 46.2 Å². The van der Waals surface area contributed by atoms with Gasteiger partial charge in [0.2, 0.25) is 11.8 Å². The molecule has 2 aromatic rings. The molecular weight excluding hydrogens is 454 g/mol. The van der Waals surface area contributed by atoms with Crippen LogP contribution in [0.5, 0.6) is 0 Å². The lowest BCUT2D eigenvalue weighted by atomic mass is 10.1. The van der Waals surface area contributed by atoms with Gasteiger partial charge in [-0.3, -0.25) is 9.59 Å². The first-order valence-electron chi connectivity index (χ1n) is 10.2. The number of nitrogens with zero attached hydrogens (tertiary/aromatic N) is 3. The molecule has 0 unspecified atom stereocenters. The Kier molecular flexibility index (Phi) is 8.89. The van der Waals surface area contributed by atoms with Crippen LogP contribution >= 0.6 is 0 Å². The van der Waals surface area contributed by atoms with Crippen LogP contribution < -0.4 is 9.62 Å². The fourth-order valence-corrected chi connectivity index (χ4v) is 4.07. The lowest BCUT2D eigenvalue weighted by Gasteiger charge is -2.32. The molecule has 2 rings (SSSR count). The number of anilines is 1. The van der Waals surface area contributed by atoms with Crippen molar-refractivity contribution in [3.05, 3.63) is 65.7 Å². The zero-order chi connectivity index (χ0) is 24.8. The van der Waals surface area contributed by atoms with Gasteiger partial charge in [-0.25, -0.2) is 13.1 Å². The summed E-state index contributed by atoms with van der Waals surface area (Å²) in [6.07, 6.45) is 0. The molecule has 2 aromatic carbocycles. The maximum atomic E-state index is 13.4. The minimum atomic E-state index is -4.12. The van der Waals surface area contributed by atoms with Crippen molar-refractivity contribution < 1.29 is 26.8 Å². The van der Waals surface area contributed by atoms with E-state index in [4.69, 9.17) is 0 Å². The van der Waals surface area contributed by atoms with Crippen molar-refractivity contribution in [2.45, 2.75) is 26.4 Å². The monoisotopic (exact) mass is 482 g/mol. The molecule has 0 saturated heterocycles. The second-order valence-electron chi connectivity index (χ2n) is 7.49. The van der Waals surface area contributed by atoms with Crippen LogP contribution in [0.3, 0.4) is 0 Å². The van der Waals surface area contributed by atoms with Crippen molar-refractivity contribution in [1.29, 1.82) is 0 Å². The van der Waals surface area contributed by atoms with E-state index in [0.29, 0.717) is 12.1 Å². The third kappa shape index (κ3) is 6.72. The van der Waals surface area contributed by atoms with Crippen molar-refractivity contribution in [1.82, 2.24) is 14.5 Å². The first-order valence-corrected chi connectivity index (χ1v) is 11.6. The molecule has 2 amide bonds. The van der Waals surface area contributed by atoms with Crippen LogP contribution in [0.4, 0.5) is 14.5 Å². The summed E-state index contributed by atoms with van der Waals surface area (Å²) in [6, 6.07) is 9.17. The van der Waals surface area contributed by atoms with Gasteiger partial charge in [0.25, 0.3) is 0 Å². The van der Waals surface area contributed by atoms with E-state index in [0.717, 1.165) is 20.7 Å². The Bertz CT molecular complexity index is 1060. The van der Waals surface area contributed by atoms with Crippen molar-refractivity contribution in [3.8, 4) is 0 Å². The summed E-state index contributed by atoms with van der Waals surface area (Å²) in [4.78, 5) is 27.1. The number of hydrogen-bond donors (Lipinski definition) is 1. The highest BCUT2D eigenvalue weighted by Crippen LogP contribution is 2.21. The quantitative estimate of drug-likeness (QED) is 0.562. The van der Waals surface area contributed by atoms with Gasteiger partial charge in [0.1, 0.15) is 24.2 Å². The van der Waals surface area contributed by atoms with Crippen LogP contribution in [0.1, 0.15) is 19.4 Å². The summed E-state index contributed by atoms with van der Waals surface area (Å²) in [7, 11) is -1.50. The number of hydrogen-bond acceptors (Lipinski definition) is 4. The molecular formula is C22H28F2N4O4S. The molecule has 0 bridgehead atoms. The van der Waals surface area contributed by atoms with Crippen LogP contribution in [-0.2, 0) is 26.3 Å². The highest BCUT2D eigenvalue weighted by Gasteiger charge is 2.32. The highest BCUT2D eigenvalue weighted by atomic mass is 32.2. The number of nitrogens with one attached hydrogen (secondary N) is 1. The van der Waals surface area contributed by atoms with Gasteiger partial charge in [0, 0.05) is 27.2 Å². The second-order valence-corrected chi connectivity index (χ2v) is 9.56. The summed E-state index contributed by atoms with van der Waals surface area (Å²) in [5.74, 6) is -2.09. The number of likely N-dealkylation sites (N-methyl/N-ethyl adjacent to an activating group) is 1. The number of benzene rings is 2. The highest BCUT2D eigenvalue weighted by molar-refractivity contribution is 7.90. The summed E-state index contributed by atoms with van der Waals surface area (Å²) >= 11 is 0. The molecule has 33 heavy (non-hydrogen) atoms. The largest absolute Gasteiger partial charge is 0.355 e. The van der Waals surface area contributed by atoms with E-state index in [2.05, 4.69) is 5.32 Å². The molecule has 0 heterocycles. The molecule has 180 valence electrons. The predicted octanol–water partition coefficient (Wildman–Crippen LogP) is 2.13. The van der Waals surface area contributed by atoms with E-state index in [1.165, 1.54) is 62.3 Å². The Morgan fingerprint density at radius 2 is 1.48 bits per heavy atom. The first kappa shape index (κ1) is 26.2. The predicted molar refractivity (Wildman–Crippen MR) is 121 cm³/mol. The number of rotatable bonds is 10. The number of carbonyl (C=O) groups is 2. The standard InChI is InChI=1S/C22H28F2N4O4S/c1-5-25-22(30)16(2)27(14-17-6-8-18(23)9-7-17)21(29)15-28(33(31,32)26(3)4)20-12-10-19(24)11-13-20/h6-13,16H,5,14-15H2,1-4H3,(H,25,30)/t16-/m0/s1. The normalized spacial score (nSPS) is 12.3. The Morgan fingerprint density at radius 1 is 0.970 bits per heavy atom. The molecule has 0 fully saturated rings. The summed E-state index contributed by atoms with van der Waals surface area (Å²) in [5, 5.41) is 2.64. The number of amides is 2. The van der Waals surface area contributed by atoms with Crippen molar-refractivity contribution in [2.75, 3.05) is 31.5 Å². The van der Waals surface area contributed by atoms with Crippen molar-refractivity contribution in [2.24, 2.45) is 0 Å². The van der Waals surface area contributed by atoms with E-state index in [-0.39, 0.29) is 12.2 Å². The van der Waals surface area contributed by atoms with Crippen LogP contribution in [0.2, 0.25) is 0 Å². The molecule has 0 aromatic heterocycles. The maximum Gasteiger partial charge on any atom is 0.304 e. The Balaban J connectivity index is 2.43. The topological polar surface area (TPSA) is 90.0 Å². The Morgan fingerprint density at radius 3 is 1.97 bits per heavy atom.